The molecule has 0 fully saturated rings. The van der Waals surface area contributed by atoms with Crippen molar-refractivity contribution in [3.63, 3.8) is 0 Å². The minimum atomic E-state index is 0.266. The van der Waals surface area contributed by atoms with Gasteiger partial charge in [-0.1, -0.05) is 12.1 Å². The van der Waals surface area contributed by atoms with Gasteiger partial charge in [-0.25, -0.2) is 4.98 Å². The molecule has 3 rings (SSSR count). The van der Waals surface area contributed by atoms with Gasteiger partial charge in [0.15, 0.2) is 0 Å². The van der Waals surface area contributed by atoms with Gasteiger partial charge in [0.1, 0.15) is 0 Å². The summed E-state index contributed by atoms with van der Waals surface area (Å²) >= 11 is 5.41. The zero-order chi connectivity index (χ0) is 14.8. The first kappa shape index (κ1) is 14.9. The van der Waals surface area contributed by atoms with E-state index in [1.165, 1.54) is 14.6 Å². The Morgan fingerprint density at radius 2 is 1.67 bits per heavy atom. The largest absolute Gasteiger partial charge is 0.297 e. The Balaban J connectivity index is 1.87. The van der Waals surface area contributed by atoms with Gasteiger partial charge in [-0.15, -0.1) is 34.0 Å². The van der Waals surface area contributed by atoms with E-state index in [2.05, 4.69) is 66.1 Å². The van der Waals surface area contributed by atoms with E-state index in [0.717, 1.165) is 10.7 Å². The summed E-state index contributed by atoms with van der Waals surface area (Å²) in [6.07, 6.45) is 0. The summed E-state index contributed by atoms with van der Waals surface area (Å²) in [6, 6.07) is 9.22. The molecule has 110 valence electrons. The molecule has 0 bridgehead atoms. The predicted molar refractivity (Wildman–Crippen MR) is 93.6 cm³/mol. The molecule has 0 aliphatic heterocycles. The number of nitrogens with one attached hydrogen (secondary N) is 1. The second kappa shape index (κ2) is 6.40. The van der Waals surface area contributed by atoms with E-state index in [1.54, 1.807) is 11.3 Å². The Bertz CT molecular complexity index is 649. The van der Waals surface area contributed by atoms with Crippen LogP contribution in [0.5, 0.6) is 0 Å². The predicted octanol–water partition coefficient (Wildman–Crippen LogP) is 5.32. The zero-order valence-electron chi connectivity index (χ0n) is 12.3. The van der Waals surface area contributed by atoms with E-state index in [0.29, 0.717) is 6.04 Å². The van der Waals surface area contributed by atoms with Crippen molar-refractivity contribution in [3.8, 4) is 0 Å². The van der Waals surface area contributed by atoms with Gasteiger partial charge in [0.25, 0.3) is 0 Å². The van der Waals surface area contributed by atoms with Crippen LogP contribution in [-0.4, -0.2) is 4.98 Å². The highest BCUT2D eigenvalue weighted by molar-refractivity contribution is 7.12. The maximum absolute atomic E-state index is 4.55. The molecule has 0 saturated heterocycles. The summed E-state index contributed by atoms with van der Waals surface area (Å²) in [5.74, 6) is 0. The molecule has 0 aliphatic carbocycles. The first-order valence-corrected chi connectivity index (χ1v) is 9.49. The minimum absolute atomic E-state index is 0.266. The number of nitrogens with zero attached hydrogens (tertiary/aromatic N) is 1. The minimum Gasteiger partial charge on any atom is -0.297 e. The normalized spacial score (nSPS) is 13.0. The van der Waals surface area contributed by atoms with Crippen LogP contribution >= 0.6 is 34.0 Å². The summed E-state index contributed by atoms with van der Waals surface area (Å²) in [7, 11) is 0. The summed E-state index contributed by atoms with van der Waals surface area (Å²) in [6.45, 7) is 6.40. The van der Waals surface area contributed by atoms with E-state index in [9.17, 15) is 0 Å². The van der Waals surface area contributed by atoms with E-state index in [-0.39, 0.29) is 6.04 Å². The third-order valence-electron chi connectivity index (χ3n) is 3.40. The molecule has 21 heavy (non-hydrogen) atoms. The van der Waals surface area contributed by atoms with Crippen LogP contribution in [0.25, 0.3) is 0 Å². The maximum Gasteiger partial charge on any atom is 0.0900 e. The Hall–Kier alpha value is -1.01. The van der Waals surface area contributed by atoms with E-state index in [4.69, 9.17) is 0 Å². The lowest BCUT2D eigenvalue weighted by atomic mass is 10.1. The quantitative estimate of drug-likeness (QED) is 0.683. The fraction of sp³-hybridized carbons (Fsp3) is 0.312. The van der Waals surface area contributed by atoms with Crippen molar-refractivity contribution >= 4 is 34.0 Å². The number of thiophene rings is 2. The van der Waals surface area contributed by atoms with Gasteiger partial charge in [0.05, 0.1) is 16.7 Å². The van der Waals surface area contributed by atoms with Crippen molar-refractivity contribution in [2.75, 3.05) is 0 Å². The van der Waals surface area contributed by atoms with E-state index in [1.807, 2.05) is 22.7 Å². The third-order valence-corrected chi connectivity index (χ3v) is 6.53. The summed E-state index contributed by atoms with van der Waals surface area (Å²) in [5.41, 5.74) is 1.15. The van der Waals surface area contributed by atoms with Crippen molar-refractivity contribution in [1.82, 2.24) is 10.3 Å². The molecule has 0 spiro atoms. The second-order valence-electron chi connectivity index (χ2n) is 5.03. The molecular formula is C16H18N2S3. The highest BCUT2D eigenvalue weighted by Crippen LogP contribution is 2.33. The fourth-order valence-electron chi connectivity index (χ4n) is 2.49. The van der Waals surface area contributed by atoms with Crippen LogP contribution in [0.3, 0.4) is 0 Å². The molecular weight excluding hydrogens is 316 g/mol. The Kier molecular flexibility index (Phi) is 4.54. The van der Waals surface area contributed by atoms with Gasteiger partial charge in [-0.2, -0.15) is 0 Å². The number of rotatable bonds is 5. The standard InChI is InChI=1S/C16H18N2S3/c1-10-16(21-12(3)17-10)11(2)18-15(13-6-4-8-19-13)14-7-5-9-20-14/h4-9,11,15,18H,1-3H3. The highest BCUT2D eigenvalue weighted by atomic mass is 32.1. The van der Waals surface area contributed by atoms with Crippen LogP contribution in [0.15, 0.2) is 35.0 Å². The van der Waals surface area contributed by atoms with Gasteiger partial charge >= 0.3 is 0 Å². The van der Waals surface area contributed by atoms with Gasteiger partial charge < -0.3 is 0 Å². The number of hydrogen-bond donors (Lipinski definition) is 1. The Labute approximate surface area is 137 Å². The number of hydrogen-bond acceptors (Lipinski definition) is 5. The van der Waals surface area contributed by atoms with Crippen molar-refractivity contribution in [1.29, 1.82) is 0 Å². The van der Waals surface area contributed by atoms with Crippen LogP contribution < -0.4 is 5.32 Å². The van der Waals surface area contributed by atoms with Gasteiger partial charge in [0.2, 0.25) is 0 Å². The lowest BCUT2D eigenvalue weighted by Gasteiger charge is -2.21. The van der Waals surface area contributed by atoms with Crippen molar-refractivity contribution in [2.45, 2.75) is 32.9 Å². The molecule has 0 saturated carbocycles. The van der Waals surface area contributed by atoms with Crippen LogP contribution in [-0.2, 0) is 0 Å². The Morgan fingerprint density at radius 3 is 2.10 bits per heavy atom. The first-order chi connectivity index (χ1) is 10.1. The summed E-state index contributed by atoms with van der Waals surface area (Å²) in [5, 5.41) is 9.21. The highest BCUT2D eigenvalue weighted by Gasteiger charge is 2.21. The molecule has 0 amide bonds. The molecule has 3 heterocycles. The molecule has 0 aromatic carbocycles. The smallest absolute Gasteiger partial charge is 0.0900 e. The number of aromatic nitrogens is 1. The van der Waals surface area contributed by atoms with Gasteiger partial charge in [-0.3, -0.25) is 5.32 Å². The molecule has 0 radical (unpaired) electrons. The number of aryl methyl sites for hydroxylation is 2. The van der Waals surface area contributed by atoms with Crippen LogP contribution in [0, 0.1) is 13.8 Å². The van der Waals surface area contributed by atoms with E-state index < -0.39 is 0 Å². The first-order valence-electron chi connectivity index (χ1n) is 6.92. The molecule has 1 unspecified atom stereocenters. The monoisotopic (exact) mass is 334 g/mol. The molecule has 3 aromatic heterocycles. The van der Waals surface area contributed by atoms with Gasteiger partial charge in [-0.05, 0) is 43.7 Å². The van der Waals surface area contributed by atoms with Crippen LogP contribution in [0.1, 0.15) is 44.3 Å². The van der Waals surface area contributed by atoms with Crippen LogP contribution in [0.2, 0.25) is 0 Å². The van der Waals surface area contributed by atoms with Crippen molar-refractivity contribution < 1.29 is 0 Å². The SMILES string of the molecule is Cc1nc(C)c(C(C)NC(c2cccs2)c2cccs2)s1. The molecule has 3 aromatic rings. The Morgan fingerprint density at radius 1 is 1.05 bits per heavy atom. The average molecular weight is 335 g/mol. The molecule has 5 heteroatoms. The summed E-state index contributed by atoms with van der Waals surface area (Å²) < 4.78 is 0. The summed E-state index contributed by atoms with van der Waals surface area (Å²) in [4.78, 5) is 8.62. The lowest BCUT2D eigenvalue weighted by Crippen LogP contribution is -2.24. The lowest BCUT2D eigenvalue weighted by molar-refractivity contribution is 0.530. The van der Waals surface area contributed by atoms with E-state index >= 15 is 0 Å². The number of thiazole rings is 1. The topological polar surface area (TPSA) is 24.9 Å². The molecule has 2 nitrogen and oxygen atoms in total. The van der Waals surface area contributed by atoms with Gasteiger partial charge in [0, 0.05) is 20.7 Å². The zero-order valence-corrected chi connectivity index (χ0v) is 14.7. The average Bonchev–Trinajstić information content (AvgIpc) is 3.17. The molecule has 1 atom stereocenters. The molecule has 0 aliphatic rings. The molecule has 1 N–H and O–H groups in total. The second-order valence-corrected chi connectivity index (χ2v) is 8.23. The van der Waals surface area contributed by atoms with Crippen molar-refractivity contribution in [2.24, 2.45) is 0 Å². The van der Waals surface area contributed by atoms with Crippen LogP contribution in [0.4, 0.5) is 0 Å². The third kappa shape index (κ3) is 3.26. The maximum atomic E-state index is 4.55. The van der Waals surface area contributed by atoms with Crippen molar-refractivity contribution in [3.05, 3.63) is 60.4 Å². The fourth-order valence-corrected chi connectivity index (χ4v) is 5.11.